The number of hydrogen-bond donors (Lipinski definition) is 1. The number of thioether (sulfide) groups is 1. The van der Waals surface area contributed by atoms with Crippen molar-refractivity contribution in [2.75, 3.05) is 39.5 Å². The molecule has 1 heterocycles. The summed E-state index contributed by atoms with van der Waals surface area (Å²) < 4.78 is 0. The highest BCUT2D eigenvalue weighted by atomic mass is 32.2. The van der Waals surface area contributed by atoms with Crippen molar-refractivity contribution in [1.82, 2.24) is 15.1 Å². The maximum atomic E-state index is 11.6. The summed E-state index contributed by atoms with van der Waals surface area (Å²) in [4.78, 5) is 17.7. The Morgan fingerprint density at radius 3 is 2.56 bits per heavy atom. The van der Waals surface area contributed by atoms with Gasteiger partial charge in [0.15, 0.2) is 0 Å². The number of hydrogen-bond acceptors (Lipinski definition) is 5. The van der Waals surface area contributed by atoms with Crippen LogP contribution in [0.15, 0.2) is 66.6 Å². The zero-order valence-corrected chi connectivity index (χ0v) is 22.9. The molecule has 36 heavy (non-hydrogen) atoms. The van der Waals surface area contributed by atoms with Gasteiger partial charge in [0, 0.05) is 30.3 Å². The van der Waals surface area contributed by atoms with E-state index in [-0.39, 0.29) is 6.04 Å². The number of rotatable bonds is 15. The minimum Gasteiger partial charge on any atom is -0.319 e. The molecule has 0 aromatic heterocycles. The molecule has 0 saturated carbocycles. The quantitative estimate of drug-likeness (QED) is 0.139. The van der Waals surface area contributed by atoms with Gasteiger partial charge in [0.05, 0.1) is 6.04 Å². The minimum atomic E-state index is -0.0893. The lowest BCUT2D eigenvalue weighted by molar-refractivity contribution is -0.112. The molecule has 1 fully saturated rings. The van der Waals surface area contributed by atoms with E-state index in [1.165, 1.54) is 34.4 Å². The molecule has 194 valence electrons. The molecule has 0 bridgehead atoms. The topological polar surface area (TPSA) is 35.6 Å². The molecule has 1 atom stereocenters. The van der Waals surface area contributed by atoms with Crippen LogP contribution in [-0.4, -0.2) is 61.6 Å². The molecule has 4 nitrogen and oxygen atoms in total. The fourth-order valence-corrected chi connectivity index (χ4v) is 5.80. The van der Waals surface area contributed by atoms with Crippen LogP contribution < -0.4 is 5.32 Å². The average Bonchev–Trinajstić information content (AvgIpc) is 2.90. The van der Waals surface area contributed by atoms with Gasteiger partial charge < -0.3 is 10.1 Å². The second kappa shape index (κ2) is 15.2. The Bertz CT molecular complexity index is 966. The maximum Gasteiger partial charge on any atom is 0.137 e. The van der Waals surface area contributed by atoms with Crippen LogP contribution in [0.4, 0.5) is 0 Å². The van der Waals surface area contributed by atoms with E-state index >= 15 is 0 Å². The molecule has 5 heteroatoms. The highest BCUT2D eigenvalue weighted by Crippen LogP contribution is 2.31. The Hall–Kier alpha value is -2.18. The number of likely N-dealkylation sites (tertiary alicyclic amines) is 1. The van der Waals surface area contributed by atoms with Crippen molar-refractivity contribution in [3.05, 3.63) is 84.0 Å². The van der Waals surface area contributed by atoms with Crippen molar-refractivity contribution in [1.29, 1.82) is 0 Å². The minimum absolute atomic E-state index is 0.0893. The first-order valence-corrected chi connectivity index (χ1v) is 14.2. The number of allylic oxidation sites excluding steroid dienone is 1. The molecule has 2 aromatic rings. The van der Waals surface area contributed by atoms with Gasteiger partial charge in [-0.2, -0.15) is 0 Å². The molecular weight excluding hydrogens is 462 g/mol. The van der Waals surface area contributed by atoms with E-state index in [2.05, 4.69) is 70.7 Å². The van der Waals surface area contributed by atoms with Crippen molar-refractivity contribution in [2.24, 2.45) is 0 Å². The second-order valence-electron chi connectivity index (χ2n) is 9.79. The molecule has 1 aliphatic heterocycles. The fraction of sp³-hybridized carbons (Fsp3) is 0.452. The summed E-state index contributed by atoms with van der Waals surface area (Å²) in [6, 6.07) is 15.8. The second-order valence-corrected chi connectivity index (χ2v) is 11.0. The largest absolute Gasteiger partial charge is 0.319 e. The predicted molar refractivity (Wildman–Crippen MR) is 156 cm³/mol. The third kappa shape index (κ3) is 8.45. The number of benzene rings is 2. The first-order valence-electron chi connectivity index (χ1n) is 13.2. The number of carbonyl (C=O) groups excluding carboxylic acids is 1. The lowest BCUT2D eigenvalue weighted by atomic mass is 9.87. The van der Waals surface area contributed by atoms with E-state index in [0.717, 1.165) is 63.2 Å². The van der Waals surface area contributed by atoms with Crippen LogP contribution in [0.3, 0.4) is 0 Å². The van der Waals surface area contributed by atoms with Gasteiger partial charge in [0.2, 0.25) is 0 Å². The van der Waals surface area contributed by atoms with Gasteiger partial charge in [0.25, 0.3) is 0 Å². The van der Waals surface area contributed by atoms with Crippen molar-refractivity contribution < 1.29 is 4.79 Å². The number of carbonyl (C=O) groups is 1. The van der Waals surface area contributed by atoms with Crippen LogP contribution in [0.25, 0.3) is 6.08 Å². The summed E-state index contributed by atoms with van der Waals surface area (Å²) in [6.07, 6.45) is 8.89. The van der Waals surface area contributed by atoms with E-state index in [1.54, 1.807) is 0 Å². The van der Waals surface area contributed by atoms with E-state index in [0.29, 0.717) is 5.92 Å². The zero-order valence-electron chi connectivity index (χ0n) is 22.1. The highest BCUT2D eigenvalue weighted by Gasteiger charge is 2.22. The van der Waals surface area contributed by atoms with Crippen LogP contribution in [0, 0.1) is 0 Å². The number of piperidine rings is 1. The molecular formula is C31H43N3OS. The van der Waals surface area contributed by atoms with Crippen LogP contribution in [0.5, 0.6) is 0 Å². The normalized spacial score (nSPS) is 15.6. The van der Waals surface area contributed by atoms with Crippen LogP contribution in [0.1, 0.15) is 53.9 Å². The molecule has 3 rings (SSSR count). The molecule has 1 unspecified atom stereocenters. The summed E-state index contributed by atoms with van der Waals surface area (Å²) in [5, 5.41) is 3.20. The Balaban J connectivity index is 1.56. The summed E-state index contributed by atoms with van der Waals surface area (Å²) in [5.74, 6) is 1.68. The van der Waals surface area contributed by atoms with E-state index < -0.39 is 0 Å². The van der Waals surface area contributed by atoms with Gasteiger partial charge in [0.1, 0.15) is 6.29 Å². The van der Waals surface area contributed by atoms with Crippen LogP contribution >= 0.6 is 11.8 Å². The van der Waals surface area contributed by atoms with Crippen molar-refractivity contribution in [2.45, 2.75) is 55.6 Å². The first kappa shape index (κ1) is 28.4. The van der Waals surface area contributed by atoms with Gasteiger partial charge in [-0.25, -0.2) is 0 Å². The van der Waals surface area contributed by atoms with Crippen LogP contribution in [-0.2, 0) is 17.9 Å². The van der Waals surface area contributed by atoms with Gasteiger partial charge in [-0.05, 0) is 93.2 Å². The Kier molecular flexibility index (Phi) is 12.0. The fourth-order valence-electron chi connectivity index (χ4n) is 4.93. The van der Waals surface area contributed by atoms with Crippen molar-refractivity contribution in [3.8, 4) is 0 Å². The lowest BCUT2D eigenvalue weighted by Gasteiger charge is -2.33. The predicted octanol–water partition coefficient (Wildman–Crippen LogP) is 5.99. The molecule has 2 aromatic carbocycles. The maximum absolute atomic E-state index is 11.6. The molecule has 0 amide bonds. The monoisotopic (exact) mass is 505 g/mol. The third-order valence-corrected chi connectivity index (χ3v) is 8.22. The molecule has 0 spiro atoms. The number of nitrogens with zero attached hydrogens (tertiary/aromatic N) is 2. The van der Waals surface area contributed by atoms with Gasteiger partial charge in [-0.1, -0.05) is 49.1 Å². The Labute approximate surface area is 222 Å². The zero-order chi connectivity index (χ0) is 25.8. The van der Waals surface area contributed by atoms with Gasteiger partial charge in [-0.15, -0.1) is 18.3 Å². The van der Waals surface area contributed by atoms with Crippen molar-refractivity contribution >= 4 is 24.1 Å². The standard InChI is InChI=1S/C31H43N3OS/c1-5-7-8-30(24-35)33(4)23-29-21-28(12-11-26(29)6-2)27-15-18-34(19-16-27)22-25-9-13-31(14-10-25)36-20-17-32-3/h5-6,9-14,21,24,27,30,32H,1-2,7-8,15-20,22-23H2,3-4H3. The number of likely N-dealkylation sites (N-methyl/N-ethyl adjacent to an activating group) is 1. The van der Waals surface area contributed by atoms with Gasteiger partial charge >= 0.3 is 0 Å². The average molecular weight is 506 g/mol. The lowest BCUT2D eigenvalue weighted by Crippen LogP contribution is -2.33. The SMILES string of the molecule is C=CCCC(C=O)N(C)Cc1cc(C2CCN(Cc3ccc(SCCNC)cc3)CC2)ccc1C=C. The summed E-state index contributed by atoms with van der Waals surface area (Å²) in [5.41, 5.74) is 5.23. The number of aldehydes is 1. The van der Waals surface area contributed by atoms with Crippen molar-refractivity contribution in [3.63, 3.8) is 0 Å². The number of nitrogens with one attached hydrogen (secondary N) is 1. The van der Waals surface area contributed by atoms with E-state index in [1.807, 2.05) is 38.0 Å². The Morgan fingerprint density at radius 1 is 1.17 bits per heavy atom. The third-order valence-electron chi connectivity index (χ3n) is 7.21. The van der Waals surface area contributed by atoms with Crippen LogP contribution in [0.2, 0.25) is 0 Å². The molecule has 1 N–H and O–H groups in total. The van der Waals surface area contributed by atoms with E-state index in [4.69, 9.17) is 0 Å². The molecule has 0 aliphatic carbocycles. The Morgan fingerprint density at radius 2 is 1.92 bits per heavy atom. The summed E-state index contributed by atoms with van der Waals surface area (Å²) in [7, 11) is 4.03. The first-order chi connectivity index (χ1) is 17.6. The van der Waals surface area contributed by atoms with Gasteiger partial charge in [-0.3, -0.25) is 9.80 Å². The molecule has 0 radical (unpaired) electrons. The highest BCUT2D eigenvalue weighted by molar-refractivity contribution is 7.99. The smallest absolute Gasteiger partial charge is 0.137 e. The van der Waals surface area contributed by atoms with E-state index in [9.17, 15) is 4.79 Å². The molecule has 1 saturated heterocycles. The summed E-state index contributed by atoms with van der Waals surface area (Å²) in [6.45, 7) is 12.9. The molecule has 1 aliphatic rings. The summed E-state index contributed by atoms with van der Waals surface area (Å²) >= 11 is 1.90.